The quantitative estimate of drug-likeness (QED) is 0.592. The predicted octanol–water partition coefficient (Wildman–Crippen LogP) is 1.06. The third-order valence-corrected chi connectivity index (χ3v) is 3.02. The molecule has 1 aliphatic rings. The van der Waals surface area contributed by atoms with Gasteiger partial charge in [0.05, 0.1) is 12.1 Å². The summed E-state index contributed by atoms with van der Waals surface area (Å²) in [5.41, 5.74) is 6.47. The Labute approximate surface area is 99.6 Å². The van der Waals surface area contributed by atoms with Crippen molar-refractivity contribution in [2.24, 2.45) is 0 Å². The van der Waals surface area contributed by atoms with Gasteiger partial charge in [0.1, 0.15) is 0 Å². The Morgan fingerprint density at radius 2 is 1.82 bits per heavy atom. The molecule has 17 heavy (non-hydrogen) atoms. The van der Waals surface area contributed by atoms with E-state index in [1.807, 2.05) is 26.0 Å². The number of imide groups is 1. The molecular formula is C12H15N3O2. The van der Waals surface area contributed by atoms with Crippen LogP contribution in [0.3, 0.4) is 0 Å². The van der Waals surface area contributed by atoms with E-state index < -0.39 is 5.54 Å². The minimum atomic E-state index is -0.675. The minimum absolute atomic E-state index is 0.0667. The van der Waals surface area contributed by atoms with E-state index in [1.54, 1.807) is 12.1 Å². The molecular weight excluding hydrogens is 218 g/mol. The lowest BCUT2D eigenvalue weighted by atomic mass is 9.92. The third kappa shape index (κ3) is 1.84. The van der Waals surface area contributed by atoms with Gasteiger partial charge in [0.2, 0.25) is 0 Å². The van der Waals surface area contributed by atoms with Gasteiger partial charge in [0.15, 0.2) is 0 Å². The Hall–Kier alpha value is -2.04. The van der Waals surface area contributed by atoms with Gasteiger partial charge in [-0.25, -0.2) is 4.79 Å². The van der Waals surface area contributed by atoms with Gasteiger partial charge in [-0.05, 0) is 31.5 Å². The number of amides is 3. The summed E-state index contributed by atoms with van der Waals surface area (Å²) >= 11 is 0. The van der Waals surface area contributed by atoms with Crippen LogP contribution in [0.25, 0.3) is 0 Å². The van der Waals surface area contributed by atoms with Crippen LogP contribution in [0.1, 0.15) is 19.4 Å². The summed E-state index contributed by atoms with van der Waals surface area (Å²) in [5.74, 6) is -0.211. The number of hydrogen-bond acceptors (Lipinski definition) is 3. The molecule has 5 nitrogen and oxygen atoms in total. The Morgan fingerprint density at radius 3 is 2.29 bits per heavy atom. The standard InChI is InChI=1S/C12H15N3O2/c1-12(2,8-3-5-9(13)6-4-8)15-10(16)7-14-11(15)17/h3-6H,7,13H2,1-2H3,(H,14,17). The van der Waals surface area contributed by atoms with E-state index in [1.165, 1.54) is 4.90 Å². The highest BCUT2D eigenvalue weighted by Crippen LogP contribution is 2.29. The van der Waals surface area contributed by atoms with E-state index in [0.717, 1.165) is 5.56 Å². The number of nitrogens with two attached hydrogens (primary N) is 1. The average Bonchev–Trinajstić information content (AvgIpc) is 2.59. The summed E-state index contributed by atoms with van der Waals surface area (Å²) < 4.78 is 0. The normalized spacial score (nSPS) is 16.2. The Morgan fingerprint density at radius 1 is 1.24 bits per heavy atom. The van der Waals surface area contributed by atoms with Gasteiger partial charge in [-0.2, -0.15) is 0 Å². The lowest BCUT2D eigenvalue weighted by molar-refractivity contribution is -0.128. The molecule has 1 aromatic rings. The molecule has 1 saturated heterocycles. The van der Waals surface area contributed by atoms with Crippen LogP contribution in [0, 0.1) is 0 Å². The molecule has 5 heteroatoms. The molecule has 3 amide bonds. The number of nitrogens with one attached hydrogen (secondary N) is 1. The summed E-state index contributed by atoms with van der Waals surface area (Å²) in [6.07, 6.45) is 0. The first kappa shape index (κ1) is 11.4. The largest absolute Gasteiger partial charge is 0.399 e. The highest BCUT2D eigenvalue weighted by atomic mass is 16.2. The van der Waals surface area contributed by atoms with Crippen molar-refractivity contribution in [1.29, 1.82) is 0 Å². The Balaban J connectivity index is 2.38. The molecule has 1 fully saturated rings. The molecule has 0 aliphatic carbocycles. The zero-order valence-electron chi connectivity index (χ0n) is 9.86. The number of benzene rings is 1. The van der Waals surface area contributed by atoms with Gasteiger partial charge in [-0.15, -0.1) is 0 Å². The maximum Gasteiger partial charge on any atom is 0.325 e. The zero-order valence-corrected chi connectivity index (χ0v) is 9.86. The lowest BCUT2D eigenvalue weighted by Gasteiger charge is -2.33. The Kier molecular flexibility index (Phi) is 2.53. The number of rotatable bonds is 2. The first-order valence-electron chi connectivity index (χ1n) is 5.40. The van der Waals surface area contributed by atoms with Crippen molar-refractivity contribution in [2.75, 3.05) is 12.3 Å². The molecule has 0 atom stereocenters. The summed E-state index contributed by atoms with van der Waals surface area (Å²) in [5, 5.41) is 2.52. The molecule has 0 unspecified atom stereocenters. The van der Waals surface area contributed by atoms with Gasteiger partial charge in [0, 0.05) is 5.69 Å². The third-order valence-electron chi connectivity index (χ3n) is 3.02. The van der Waals surface area contributed by atoms with E-state index in [2.05, 4.69) is 5.32 Å². The van der Waals surface area contributed by atoms with Gasteiger partial charge in [0.25, 0.3) is 5.91 Å². The molecule has 0 aromatic heterocycles. The van der Waals surface area contributed by atoms with E-state index in [9.17, 15) is 9.59 Å². The highest BCUT2D eigenvalue weighted by Gasteiger charge is 2.41. The molecule has 90 valence electrons. The van der Waals surface area contributed by atoms with Crippen molar-refractivity contribution in [1.82, 2.24) is 10.2 Å². The number of hydrogen-bond donors (Lipinski definition) is 2. The number of nitrogen functional groups attached to an aromatic ring is 1. The summed E-state index contributed by atoms with van der Waals surface area (Å²) in [4.78, 5) is 24.6. The number of carbonyl (C=O) groups is 2. The molecule has 2 rings (SSSR count). The maximum absolute atomic E-state index is 11.7. The number of anilines is 1. The van der Waals surface area contributed by atoms with Crippen LogP contribution in [0.4, 0.5) is 10.5 Å². The van der Waals surface area contributed by atoms with Gasteiger partial charge in [-0.3, -0.25) is 9.69 Å². The van der Waals surface area contributed by atoms with Crippen molar-refractivity contribution < 1.29 is 9.59 Å². The van der Waals surface area contributed by atoms with Crippen molar-refractivity contribution in [3.8, 4) is 0 Å². The fourth-order valence-corrected chi connectivity index (χ4v) is 2.01. The molecule has 0 bridgehead atoms. The summed E-state index contributed by atoms with van der Waals surface area (Å²) in [6, 6.07) is 6.82. The summed E-state index contributed by atoms with van der Waals surface area (Å²) in [6.45, 7) is 3.74. The van der Waals surface area contributed by atoms with E-state index in [-0.39, 0.29) is 18.5 Å². The van der Waals surface area contributed by atoms with E-state index in [4.69, 9.17) is 5.73 Å². The molecule has 0 saturated carbocycles. The van der Waals surface area contributed by atoms with Crippen LogP contribution in [-0.4, -0.2) is 23.4 Å². The van der Waals surface area contributed by atoms with Crippen molar-refractivity contribution >= 4 is 17.6 Å². The smallest absolute Gasteiger partial charge is 0.325 e. The topological polar surface area (TPSA) is 75.4 Å². The second-order valence-electron chi connectivity index (χ2n) is 4.57. The molecule has 1 aromatic carbocycles. The zero-order chi connectivity index (χ0) is 12.6. The van der Waals surface area contributed by atoms with Crippen molar-refractivity contribution in [3.63, 3.8) is 0 Å². The highest BCUT2D eigenvalue weighted by molar-refractivity contribution is 6.02. The Bertz CT molecular complexity index is 449. The number of urea groups is 1. The van der Waals surface area contributed by atoms with Crippen LogP contribution in [0.2, 0.25) is 0 Å². The van der Waals surface area contributed by atoms with Crippen LogP contribution in [-0.2, 0) is 10.3 Å². The van der Waals surface area contributed by atoms with Gasteiger partial charge >= 0.3 is 6.03 Å². The van der Waals surface area contributed by atoms with Gasteiger partial charge < -0.3 is 11.1 Å². The SMILES string of the molecule is CC(C)(c1ccc(N)cc1)N1C(=O)CNC1=O. The molecule has 0 spiro atoms. The fourth-order valence-electron chi connectivity index (χ4n) is 2.01. The predicted molar refractivity (Wildman–Crippen MR) is 64.1 cm³/mol. The lowest BCUT2D eigenvalue weighted by Crippen LogP contribution is -2.45. The van der Waals surface area contributed by atoms with Crippen LogP contribution in [0.5, 0.6) is 0 Å². The number of nitrogens with zero attached hydrogens (tertiary/aromatic N) is 1. The minimum Gasteiger partial charge on any atom is -0.399 e. The van der Waals surface area contributed by atoms with Gasteiger partial charge in [-0.1, -0.05) is 12.1 Å². The van der Waals surface area contributed by atoms with Crippen LogP contribution >= 0.6 is 0 Å². The molecule has 1 aliphatic heterocycles. The second kappa shape index (κ2) is 3.76. The average molecular weight is 233 g/mol. The second-order valence-corrected chi connectivity index (χ2v) is 4.57. The molecule has 1 heterocycles. The monoisotopic (exact) mass is 233 g/mol. The fraction of sp³-hybridized carbons (Fsp3) is 0.333. The first-order chi connectivity index (χ1) is 7.93. The van der Waals surface area contributed by atoms with Crippen molar-refractivity contribution in [2.45, 2.75) is 19.4 Å². The molecule has 3 N–H and O–H groups in total. The van der Waals surface area contributed by atoms with Crippen LogP contribution < -0.4 is 11.1 Å². The summed E-state index contributed by atoms with van der Waals surface area (Å²) in [7, 11) is 0. The van der Waals surface area contributed by atoms with Crippen molar-refractivity contribution in [3.05, 3.63) is 29.8 Å². The van der Waals surface area contributed by atoms with E-state index in [0.29, 0.717) is 5.69 Å². The van der Waals surface area contributed by atoms with E-state index >= 15 is 0 Å². The van der Waals surface area contributed by atoms with Crippen LogP contribution in [0.15, 0.2) is 24.3 Å². The first-order valence-corrected chi connectivity index (χ1v) is 5.40. The maximum atomic E-state index is 11.7. The molecule has 0 radical (unpaired) electrons. The number of carbonyl (C=O) groups excluding carboxylic acids is 2.